The minimum absolute atomic E-state index is 0.306. The van der Waals surface area contributed by atoms with Crippen LogP contribution in [0.25, 0.3) is 0 Å². The van der Waals surface area contributed by atoms with Crippen molar-refractivity contribution in [3.63, 3.8) is 0 Å². The molecule has 1 saturated heterocycles. The van der Waals surface area contributed by atoms with Gasteiger partial charge in [0.1, 0.15) is 18.5 Å². The summed E-state index contributed by atoms with van der Waals surface area (Å²) in [6.07, 6.45) is 0.306. The lowest BCUT2D eigenvalue weighted by molar-refractivity contribution is 0.263. The van der Waals surface area contributed by atoms with Crippen molar-refractivity contribution in [1.82, 2.24) is 0 Å². The molecule has 2 nitrogen and oxygen atoms in total. The van der Waals surface area contributed by atoms with Gasteiger partial charge in [0.15, 0.2) is 0 Å². The molecule has 64 valence electrons. The van der Waals surface area contributed by atoms with Gasteiger partial charge in [0.25, 0.3) is 0 Å². The second kappa shape index (κ2) is 3.33. The molecular weight excluding hydrogens is 176 g/mol. The van der Waals surface area contributed by atoms with E-state index in [1.54, 1.807) is 0 Å². The summed E-state index contributed by atoms with van der Waals surface area (Å²) in [5.41, 5.74) is 0. The molecule has 1 atom stereocenters. The normalized spacial score (nSPS) is 20.6. The van der Waals surface area contributed by atoms with Gasteiger partial charge in [-0.25, -0.2) is 0 Å². The standard InChI is InChI=1S/C9H9ClO2/c10-7-1-3-8(4-2-7)11-5-9-6-12-9/h1-4,9H,5-6H2. The molecule has 1 unspecified atom stereocenters. The Hall–Kier alpha value is -0.730. The zero-order chi connectivity index (χ0) is 8.39. The summed E-state index contributed by atoms with van der Waals surface area (Å²) >= 11 is 5.71. The smallest absolute Gasteiger partial charge is 0.119 e. The number of ether oxygens (including phenoxy) is 2. The maximum Gasteiger partial charge on any atom is 0.119 e. The zero-order valence-corrected chi connectivity index (χ0v) is 7.25. The molecule has 1 aromatic carbocycles. The average Bonchev–Trinajstić information content (AvgIpc) is 2.87. The third-order valence-corrected chi connectivity index (χ3v) is 1.90. The van der Waals surface area contributed by atoms with Crippen LogP contribution in [0.15, 0.2) is 24.3 Å². The van der Waals surface area contributed by atoms with Crippen molar-refractivity contribution in [2.75, 3.05) is 13.2 Å². The quantitative estimate of drug-likeness (QED) is 0.672. The first-order valence-electron chi connectivity index (χ1n) is 3.84. The summed E-state index contributed by atoms with van der Waals surface area (Å²) < 4.78 is 10.4. The molecular formula is C9H9ClO2. The molecule has 0 N–H and O–H groups in total. The number of benzene rings is 1. The molecule has 2 rings (SSSR count). The second-order valence-electron chi connectivity index (χ2n) is 2.72. The van der Waals surface area contributed by atoms with Gasteiger partial charge in [0.2, 0.25) is 0 Å². The minimum Gasteiger partial charge on any atom is -0.491 e. The Labute approximate surface area is 76.1 Å². The third kappa shape index (κ3) is 2.13. The summed E-state index contributed by atoms with van der Waals surface area (Å²) in [4.78, 5) is 0. The monoisotopic (exact) mass is 184 g/mol. The Balaban J connectivity index is 1.89. The third-order valence-electron chi connectivity index (χ3n) is 1.65. The van der Waals surface area contributed by atoms with Crippen LogP contribution in [0.3, 0.4) is 0 Å². The first-order valence-corrected chi connectivity index (χ1v) is 4.22. The van der Waals surface area contributed by atoms with Crippen LogP contribution in [0.2, 0.25) is 5.02 Å². The van der Waals surface area contributed by atoms with E-state index < -0.39 is 0 Å². The first-order chi connectivity index (χ1) is 5.84. The molecule has 1 aliphatic heterocycles. The molecule has 0 amide bonds. The van der Waals surface area contributed by atoms with Gasteiger partial charge in [0, 0.05) is 5.02 Å². The van der Waals surface area contributed by atoms with Crippen molar-refractivity contribution >= 4 is 11.6 Å². The Morgan fingerprint density at radius 3 is 2.67 bits per heavy atom. The van der Waals surface area contributed by atoms with Crippen LogP contribution in [-0.2, 0) is 4.74 Å². The van der Waals surface area contributed by atoms with Crippen molar-refractivity contribution in [1.29, 1.82) is 0 Å². The second-order valence-corrected chi connectivity index (χ2v) is 3.16. The van der Waals surface area contributed by atoms with E-state index in [0.29, 0.717) is 12.7 Å². The van der Waals surface area contributed by atoms with Crippen LogP contribution >= 0.6 is 11.6 Å². The van der Waals surface area contributed by atoms with Crippen molar-refractivity contribution < 1.29 is 9.47 Å². The number of epoxide rings is 1. The van der Waals surface area contributed by atoms with Gasteiger partial charge in [-0.05, 0) is 24.3 Å². The molecule has 0 saturated carbocycles. The van der Waals surface area contributed by atoms with Crippen LogP contribution < -0.4 is 4.74 Å². The lowest BCUT2D eigenvalue weighted by Crippen LogP contribution is -2.03. The Bertz CT molecular complexity index is 254. The summed E-state index contributed by atoms with van der Waals surface area (Å²) in [6.45, 7) is 1.47. The van der Waals surface area contributed by atoms with Gasteiger partial charge in [-0.3, -0.25) is 0 Å². The molecule has 1 aromatic rings. The molecule has 0 aliphatic carbocycles. The van der Waals surface area contributed by atoms with E-state index in [9.17, 15) is 0 Å². The summed E-state index contributed by atoms with van der Waals surface area (Å²) in [6, 6.07) is 7.32. The number of hydrogen-bond donors (Lipinski definition) is 0. The predicted octanol–water partition coefficient (Wildman–Crippen LogP) is 2.12. The number of halogens is 1. The zero-order valence-electron chi connectivity index (χ0n) is 6.50. The highest BCUT2D eigenvalue weighted by molar-refractivity contribution is 6.30. The van der Waals surface area contributed by atoms with Crippen LogP contribution in [0.4, 0.5) is 0 Å². The topological polar surface area (TPSA) is 21.8 Å². The average molecular weight is 185 g/mol. The molecule has 3 heteroatoms. The van der Waals surface area contributed by atoms with Crippen molar-refractivity contribution in [3.8, 4) is 5.75 Å². The van der Waals surface area contributed by atoms with Gasteiger partial charge >= 0.3 is 0 Å². The summed E-state index contributed by atoms with van der Waals surface area (Å²) in [7, 11) is 0. The lowest BCUT2D eigenvalue weighted by Gasteiger charge is -2.02. The largest absolute Gasteiger partial charge is 0.491 e. The van der Waals surface area contributed by atoms with Crippen LogP contribution in [0, 0.1) is 0 Å². The van der Waals surface area contributed by atoms with Gasteiger partial charge < -0.3 is 9.47 Å². The van der Waals surface area contributed by atoms with Gasteiger partial charge in [-0.1, -0.05) is 11.6 Å². The maximum absolute atomic E-state index is 5.71. The highest BCUT2D eigenvalue weighted by atomic mass is 35.5. The molecule has 12 heavy (non-hydrogen) atoms. The van der Waals surface area contributed by atoms with Crippen molar-refractivity contribution in [3.05, 3.63) is 29.3 Å². The Kier molecular flexibility index (Phi) is 2.19. The van der Waals surface area contributed by atoms with E-state index in [2.05, 4.69) is 0 Å². The molecule has 0 radical (unpaired) electrons. The fourth-order valence-electron chi connectivity index (χ4n) is 0.884. The Morgan fingerprint density at radius 2 is 2.08 bits per heavy atom. The minimum atomic E-state index is 0.306. The van der Waals surface area contributed by atoms with Gasteiger partial charge in [-0.15, -0.1) is 0 Å². The lowest BCUT2D eigenvalue weighted by atomic mass is 10.3. The molecule has 0 bridgehead atoms. The summed E-state index contributed by atoms with van der Waals surface area (Å²) in [5, 5.41) is 0.727. The van der Waals surface area contributed by atoms with Gasteiger partial charge in [0.05, 0.1) is 6.61 Å². The van der Waals surface area contributed by atoms with E-state index in [0.717, 1.165) is 17.4 Å². The maximum atomic E-state index is 5.71. The van der Waals surface area contributed by atoms with Crippen LogP contribution in [0.1, 0.15) is 0 Å². The highest BCUT2D eigenvalue weighted by Crippen LogP contribution is 2.17. The fraction of sp³-hybridized carbons (Fsp3) is 0.333. The SMILES string of the molecule is Clc1ccc(OCC2CO2)cc1. The molecule has 0 aromatic heterocycles. The van der Waals surface area contributed by atoms with Gasteiger partial charge in [-0.2, -0.15) is 0 Å². The van der Waals surface area contributed by atoms with Crippen LogP contribution in [0.5, 0.6) is 5.75 Å². The van der Waals surface area contributed by atoms with E-state index in [-0.39, 0.29) is 0 Å². The van der Waals surface area contributed by atoms with E-state index in [4.69, 9.17) is 21.1 Å². The fourth-order valence-corrected chi connectivity index (χ4v) is 1.01. The highest BCUT2D eigenvalue weighted by Gasteiger charge is 2.22. The summed E-state index contributed by atoms with van der Waals surface area (Å²) in [5.74, 6) is 0.843. The van der Waals surface area contributed by atoms with Crippen LogP contribution in [-0.4, -0.2) is 19.3 Å². The van der Waals surface area contributed by atoms with E-state index >= 15 is 0 Å². The molecule has 1 aliphatic rings. The predicted molar refractivity (Wildman–Crippen MR) is 46.7 cm³/mol. The van der Waals surface area contributed by atoms with Crippen molar-refractivity contribution in [2.24, 2.45) is 0 Å². The van der Waals surface area contributed by atoms with E-state index in [1.807, 2.05) is 24.3 Å². The van der Waals surface area contributed by atoms with E-state index in [1.165, 1.54) is 0 Å². The molecule has 1 heterocycles. The first kappa shape index (κ1) is 7.90. The number of hydrogen-bond acceptors (Lipinski definition) is 2. The van der Waals surface area contributed by atoms with Crippen molar-refractivity contribution in [2.45, 2.75) is 6.10 Å². The Morgan fingerprint density at radius 1 is 1.42 bits per heavy atom. The number of rotatable bonds is 3. The molecule has 0 spiro atoms. The molecule has 1 fully saturated rings.